The maximum atomic E-state index is 13.0. The van der Waals surface area contributed by atoms with Gasteiger partial charge in [0.15, 0.2) is 16.7 Å². The third-order valence-electron chi connectivity index (χ3n) is 5.00. The molecule has 2 aromatic rings. The molecule has 3 rings (SSSR count). The first-order valence-electron chi connectivity index (χ1n) is 10.9. The van der Waals surface area contributed by atoms with Crippen LogP contribution >= 0.6 is 23.4 Å². The molecule has 1 fully saturated rings. The van der Waals surface area contributed by atoms with E-state index in [1.54, 1.807) is 26.2 Å². The van der Waals surface area contributed by atoms with Crippen LogP contribution in [0, 0.1) is 0 Å². The highest BCUT2D eigenvalue weighted by atomic mass is 35.5. The Balaban J connectivity index is 1.88. The molecule has 0 spiro atoms. The van der Waals surface area contributed by atoms with Crippen molar-refractivity contribution in [2.45, 2.75) is 38.0 Å². The predicted octanol–water partition coefficient (Wildman–Crippen LogP) is 5.60. The van der Waals surface area contributed by atoms with Crippen LogP contribution in [-0.2, 0) is 14.8 Å². The lowest BCUT2D eigenvalue weighted by molar-refractivity contribution is -0.122. The van der Waals surface area contributed by atoms with Gasteiger partial charge < -0.3 is 9.47 Å². The fourth-order valence-electron chi connectivity index (χ4n) is 3.20. The smallest absolute Gasteiger partial charge is 0.284 e. The van der Waals surface area contributed by atoms with Crippen LogP contribution < -0.4 is 9.47 Å². The molecule has 1 saturated heterocycles. The van der Waals surface area contributed by atoms with Crippen molar-refractivity contribution in [1.82, 2.24) is 4.90 Å². The van der Waals surface area contributed by atoms with Crippen molar-refractivity contribution in [1.29, 1.82) is 0 Å². The molecule has 0 aromatic heterocycles. The van der Waals surface area contributed by atoms with Gasteiger partial charge in [0.05, 0.1) is 23.5 Å². The molecular formula is C24H27ClN2O5S2. The summed E-state index contributed by atoms with van der Waals surface area (Å²) in [5.41, 5.74) is 0.736. The number of carbonyl (C=O) groups is 1. The van der Waals surface area contributed by atoms with Crippen molar-refractivity contribution in [3.63, 3.8) is 0 Å². The van der Waals surface area contributed by atoms with Gasteiger partial charge in [-0.1, -0.05) is 37.4 Å². The largest absolute Gasteiger partial charge is 0.493 e. The second kappa shape index (κ2) is 11.8. The molecule has 1 heterocycles. The van der Waals surface area contributed by atoms with E-state index in [0.29, 0.717) is 28.0 Å². The van der Waals surface area contributed by atoms with E-state index in [1.165, 1.54) is 29.2 Å². The molecule has 0 radical (unpaired) electrons. The summed E-state index contributed by atoms with van der Waals surface area (Å²) in [5, 5.41) is 0.531. The molecule has 0 aliphatic carbocycles. The molecule has 1 aliphatic heterocycles. The molecule has 1 amide bonds. The summed E-state index contributed by atoms with van der Waals surface area (Å²) in [7, 11) is -2.43. The van der Waals surface area contributed by atoms with Gasteiger partial charge in [-0.05, 0) is 73.1 Å². The summed E-state index contributed by atoms with van der Waals surface area (Å²) in [4.78, 5) is 14.7. The average molecular weight is 523 g/mol. The number of carbonyl (C=O) groups excluding carboxylic acids is 1. The van der Waals surface area contributed by atoms with E-state index in [4.69, 9.17) is 21.1 Å². The Hall–Kier alpha value is -2.49. The topological polar surface area (TPSA) is 85.3 Å². The Kier molecular flexibility index (Phi) is 9.04. The number of halogens is 1. The van der Waals surface area contributed by atoms with Gasteiger partial charge in [-0.3, -0.25) is 9.69 Å². The number of hydrogen-bond acceptors (Lipinski definition) is 6. The number of amidine groups is 1. The van der Waals surface area contributed by atoms with Crippen molar-refractivity contribution in [3.05, 3.63) is 58.0 Å². The van der Waals surface area contributed by atoms with Crippen LogP contribution in [-0.4, -0.2) is 44.7 Å². The number of unbranched alkanes of at least 4 members (excludes halogenated alkanes) is 2. The number of likely N-dealkylation sites (N-methyl/N-ethyl adjacent to an activating group) is 1. The predicted molar refractivity (Wildman–Crippen MR) is 137 cm³/mol. The van der Waals surface area contributed by atoms with E-state index < -0.39 is 10.0 Å². The van der Waals surface area contributed by atoms with Crippen molar-refractivity contribution in [2.24, 2.45) is 4.40 Å². The van der Waals surface area contributed by atoms with E-state index in [9.17, 15) is 13.2 Å². The Bertz CT molecular complexity index is 1190. The third kappa shape index (κ3) is 6.34. The maximum absolute atomic E-state index is 13.0. The average Bonchev–Trinajstić information content (AvgIpc) is 3.10. The molecule has 34 heavy (non-hydrogen) atoms. The highest BCUT2D eigenvalue weighted by molar-refractivity contribution is 8.19. The van der Waals surface area contributed by atoms with Crippen LogP contribution in [0.4, 0.5) is 0 Å². The number of nitrogens with zero attached hydrogens (tertiary/aromatic N) is 2. The second-order valence-corrected chi connectivity index (χ2v) is 10.5. The summed E-state index contributed by atoms with van der Waals surface area (Å²) in [5.74, 6) is 0.893. The molecule has 2 aromatic carbocycles. The van der Waals surface area contributed by atoms with E-state index >= 15 is 0 Å². The van der Waals surface area contributed by atoms with Crippen molar-refractivity contribution in [3.8, 4) is 11.5 Å². The van der Waals surface area contributed by atoms with Crippen LogP contribution in [0.25, 0.3) is 6.08 Å². The van der Waals surface area contributed by atoms with Gasteiger partial charge in [-0.2, -0.15) is 8.42 Å². The minimum absolute atomic E-state index is 0.00551. The monoisotopic (exact) mass is 522 g/mol. The van der Waals surface area contributed by atoms with Gasteiger partial charge in [-0.15, -0.1) is 4.40 Å². The standard InChI is InChI=1S/C24H27ClN2O5S2/c1-4-6-7-14-32-21-15-17(8-13-20(21)31-3)16-22-23(28)27(5-2)24(33-22)26-34(29,30)19-11-9-18(25)10-12-19/h8-13,15-16H,4-7,14H2,1-3H3/b22-16-,26-24?. The van der Waals surface area contributed by atoms with E-state index in [-0.39, 0.29) is 22.5 Å². The Morgan fingerprint density at radius 3 is 2.47 bits per heavy atom. The van der Waals surface area contributed by atoms with Crippen LogP contribution in [0.15, 0.2) is 56.7 Å². The number of benzene rings is 2. The second-order valence-electron chi connectivity index (χ2n) is 7.43. The molecule has 182 valence electrons. The molecule has 0 unspecified atom stereocenters. The van der Waals surface area contributed by atoms with Crippen LogP contribution in [0.5, 0.6) is 11.5 Å². The first-order chi connectivity index (χ1) is 16.3. The van der Waals surface area contributed by atoms with Gasteiger partial charge >= 0.3 is 0 Å². The zero-order valence-electron chi connectivity index (χ0n) is 19.3. The van der Waals surface area contributed by atoms with E-state index in [1.807, 2.05) is 12.1 Å². The molecule has 0 N–H and O–H groups in total. The Labute approximate surface area is 209 Å². The number of ether oxygens (including phenoxy) is 2. The zero-order valence-corrected chi connectivity index (χ0v) is 21.7. The minimum atomic E-state index is -4.00. The third-order valence-corrected chi connectivity index (χ3v) is 7.66. The van der Waals surface area contributed by atoms with Crippen molar-refractivity contribution in [2.75, 3.05) is 20.3 Å². The lowest BCUT2D eigenvalue weighted by atomic mass is 10.2. The highest BCUT2D eigenvalue weighted by Crippen LogP contribution is 2.35. The molecule has 0 bridgehead atoms. The fraction of sp³-hybridized carbons (Fsp3) is 0.333. The van der Waals surface area contributed by atoms with Crippen LogP contribution in [0.3, 0.4) is 0 Å². The van der Waals surface area contributed by atoms with E-state index in [2.05, 4.69) is 11.3 Å². The van der Waals surface area contributed by atoms with Crippen LogP contribution in [0.2, 0.25) is 5.02 Å². The first kappa shape index (κ1) is 26.1. The van der Waals surface area contributed by atoms with Gasteiger partial charge in [0, 0.05) is 11.6 Å². The Morgan fingerprint density at radius 1 is 1.09 bits per heavy atom. The summed E-state index contributed by atoms with van der Waals surface area (Å²) in [6.45, 7) is 4.75. The molecule has 0 atom stereocenters. The van der Waals surface area contributed by atoms with Gasteiger partial charge in [-0.25, -0.2) is 0 Å². The zero-order chi connectivity index (χ0) is 24.7. The first-order valence-corrected chi connectivity index (χ1v) is 13.5. The summed E-state index contributed by atoms with van der Waals surface area (Å²) in [6.07, 6.45) is 4.81. The van der Waals surface area contributed by atoms with Gasteiger partial charge in [0.2, 0.25) is 0 Å². The molecule has 1 aliphatic rings. The maximum Gasteiger partial charge on any atom is 0.284 e. The van der Waals surface area contributed by atoms with E-state index in [0.717, 1.165) is 36.6 Å². The SMILES string of the molecule is CCCCCOc1cc(/C=C2\SC(=NS(=O)(=O)c3ccc(Cl)cc3)N(CC)C2=O)ccc1OC. The number of amides is 1. The quantitative estimate of drug-likeness (QED) is 0.298. The number of thioether (sulfide) groups is 1. The lowest BCUT2D eigenvalue weighted by Gasteiger charge is -2.12. The highest BCUT2D eigenvalue weighted by Gasteiger charge is 2.34. The van der Waals surface area contributed by atoms with Crippen LogP contribution in [0.1, 0.15) is 38.7 Å². The normalized spacial score (nSPS) is 16.5. The van der Waals surface area contributed by atoms with Crippen molar-refractivity contribution < 1.29 is 22.7 Å². The fourth-order valence-corrected chi connectivity index (χ4v) is 5.57. The molecular weight excluding hydrogens is 496 g/mol. The van der Waals surface area contributed by atoms with Gasteiger partial charge in [0.25, 0.3) is 15.9 Å². The number of hydrogen-bond donors (Lipinski definition) is 0. The number of sulfonamides is 1. The molecule has 7 nitrogen and oxygen atoms in total. The van der Waals surface area contributed by atoms with Crippen molar-refractivity contribution >= 4 is 50.5 Å². The lowest BCUT2D eigenvalue weighted by Crippen LogP contribution is -2.29. The summed E-state index contributed by atoms with van der Waals surface area (Å²) < 4.78 is 40.7. The molecule has 0 saturated carbocycles. The number of methoxy groups -OCH3 is 1. The summed E-state index contributed by atoms with van der Waals surface area (Å²) >= 11 is 6.87. The number of rotatable bonds is 10. The Morgan fingerprint density at radius 2 is 1.82 bits per heavy atom. The minimum Gasteiger partial charge on any atom is -0.493 e. The molecule has 10 heteroatoms. The summed E-state index contributed by atoms with van der Waals surface area (Å²) in [6, 6.07) is 11.1. The van der Waals surface area contributed by atoms with Gasteiger partial charge in [0.1, 0.15) is 0 Å².